The Labute approximate surface area is 155 Å². The van der Waals surface area contributed by atoms with Gasteiger partial charge in [-0.3, -0.25) is 9.59 Å². The van der Waals surface area contributed by atoms with Gasteiger partial charge in [-0.05, 0) is 45.0 Å². The fraction of sp³-hybridized carbons (Fsp3) is 0.353. The Bertz CT molecular complexity index is 917. The average Bonchev–Trinajstić information content (AvgIpc) is 2.94. The van der Waals surface area contributed by atoms with Crippen molar-refractivity contribution in [1.29, 1.82) is 0 Å². The van der Waals surface area contributed by atoms with E-state index in [9.17, 15) is 22.4 Å². The molecule has 0 unspecified atom stereocenters. The van der Waals surface area contributed by atoms with E-state index < -0.39 is 33.7 Å². The molecular weight excluding hydrogens is 379 g/mol. The highest BCUT2D eigenvalue weighted by Gasteiger charge is 2.24. The van der Waals surface area contributed by atoms with Gasteiger partial charge < -0.3 is 9.26 Å². The molecule has 0 spiro atoms. The van der Waals surface area contributed by atoms with Gasteiger partial charge >= 0.3 is 5.97 Å². The Hall–Kier alpha value is -2.59. The van der Waals surface area contributed by atoms with Gasteiger partial charge in [-0.2, -0.15) is 0 Å². The van der Waals surface area contributed by atoms with E-state index in [4.69, 9.17) is 9.26 Å². The van der Waals surface area contributed by atoms with Crippen LogP contribution in [0.1, 0.15) is 35.2 Å². The number of nitrogens with one attached hydrogen (secondary N) is 1. The number of ketones is 1. The van der Waals surface area contributed by atoms with Crippen molar-refractivity contribution in [2.45, 2.75) is 38.2 Å². The largest absolute Gasteiger partial charge is 0.454 e. The summed E-state index contributed by atoms with van der Waals surface area (Å²) in [6.45, 7) is 4.12. The van der Waals surface area contributed by atoms with Crippen molar-refractivity contribution >= 4 is 21.8 Å². The third-order valence-electron chi connectivity index (χ3n) is 3.66. The van der Waals surface area contributed by atoms with E-state index in [1.807, 2.05) is 0 Å². The molecule has 2 rings (SSSR count). The quantitative estimate of drug-likeness (QED) is 0.533. The van der Waals surface area contributed by atoms with Crippen LogP contribution in [0.25, 0.3) is 0 Å². The van der Waals surface area contributed by atoms with Gasteiger partial charge in [0.05, 0.1) is 6.42 Å². The predicted molar refractivity (Wildman–Crippen MR) is 92.1 cm³/mol. The molecule has 2 aromatic rings. The number of carbonyl (C=O) groups excluding carboxylic acids is 2. The molecule has 146 valence electrons. The Morgan fingerprint density at radius 2 is 1.89 bits per heavy atom. The van der Waals surface area contributed by atoms with Gasteiger partial charge in [0.2, 0.25) is 15.8 Å². The second-order valence-electron chi connectivity index (χ2n) is 5.80. The van der Waals surface area contributed by atoms with Gasteiger partial charge in [-0.15, -0.1) is 0 Å². The number of rotatable bonds is 8. The lowest BCUT2D eigenvalue weighted by Crippen LogP contribution is -2.29. The Morgan fingerprint density at radius 3 is 2.44 bits per heavy atom. The number of ether oxygens (including phenoxy) is 1. The Kier molecular flexibility index (Phi) is 6.45. The smallest absolute Gasteiger partial charge is 0.307 e. The van der Waals surface area contributed by atoms with E-state index in [2.05, 4.69) is 9.88 Å². The summed E-state index contributed by atoms with van der Waals surface area (Å²) in [7, 11) is -3.88. The van der Waals surface area contributed by atoms with E-state index in [1.54, 1.807) is 0 Å². The highest BCUT2D eigenvalue weighted by molar-refractivity contribution is 7.89. The van der Waals surface area contributed by atoms with Crippen molar-refractivity contribution in [3.63, 3.8) is 0 Å². The molecular formula is C17H19FN2O6S. The van der Waals surface area contributed by atoms with E-state index in [1.165, 1.54) is 32.9 Å². The van der Waals surface area contributed by atoms with E-state index >= 15 is 0 Å². The Balaban J connectivity index is 1.87. The van der Waals surface area contributed by atoms with Crippen LogP contribution in [0.15, 0.2) is 33.7 Å². The molecule has 0 saturated carbocycles. The molecule has 1 atom stereocenters. The minimum atomic E-state index is -3.88. The molecule has 0 aliphatic heterocycles. The number of esters is 1. The first-order chi connectivity index (χ1) is 12.6. The summed E-state index contributed by atoms with van der Waals surface area (Å²) >= 11 is 0. The molecule has 0 radical (unpaired) electrons. The zero-order chi connectivity index (χ0) is 20.2. The van der Waals surface area contributed by atoms with Crippen LogP contribution >= 0.6 is 0 Å². The van der Waals surface area contributed by atoms with Gasteiger partial charge in [0.1, 0.15) is 16.4 Å². The molecule has 0 fully saturated rings. The van der Waals surface area contributed by atoms with Crippen LogP contribution in [-0.2, 0) is 19.6 Å². The first-order valence-corrected chi connectivity index (χ1v) is 9.52. The first-order valence-electron chi connectivity index (χ1n) is 8.03. The van der Waals surface area contributed by atoms with Crippen LogP contribution in [0, 0.1) is 19.7 Å². The summed E-state index contributed by atoms with van der Waals surface area (Å²) in [6.07, 6.45) is -1.36. The third-order valence-corrected chi connectivity index (χ3v) is 5.37. The van der Waals surface area contributed by atoms with E-state index in [0.29, 0.717) is 0 Å². The lowest BCUT2D eigenvalue weighted by Gasteiger charge is -2.12. The second-order valence-corrected chi connectivity index (χ2v) is 7.51. The molecule has 0 bridgehead atoms. The van der Waals surface area contributed by atoms with Crippen molar-refractivity contribution in [2.75, 3.05) is 6.54 Å². The normalized spacial score (nSPS) is 12.6. The van der Waals surface area contributed by atoms with Crippen molar-refractivity contribution in [2.24, 2.45) is 0 Å². The second kappa shape index (κ2) is 8.40. The van der Waals surface area contributed by atoms with Crippen molar-refractivity contribution in [3.8, 4) is 0 Å². The number of aromatic nitrogens is 1. The molecule has 0 saturated heterocycles. The predicted octanol–water partition coefficient (Wildman–Crippen LogP) is 1.91. The van der Waals surface area contributed by atoms with Crippen molar-refractivity contribution < 1.29 is 31.7 Å². The van der Waals surface area contributed by atoms with Gasteiger partial charge in [0.15, 0.2) is 11.9 Å². The SMILES string of the molecule is Cc1noc(C)c1S(=O)(=O)NCCC(=O)O[C@@H](C)C(=O)c1ccc(F)cc1. The number of sulfonamides is 1. The number of halogens is 1. The van der Waals surface area contributed by atoms with Crippen LogP contribution in [0.3, 0.4) is 0 Å². The summed E-state index contributed by atoms with van der Waals surface area (Å²) in [4.78, 5) is 23.9. The molecule has 0 aliphatic carbocycles. The number of hydrogen-bond donors (Lipinski definition) is 1. The zero-order valence-corrected chi connectivity index (χ0v) is 15.8. The maximum Gasteiger partial charge on any atom is 0.307 e. The number of carbonyl (C=O) groups is 2. The summed E-state index contributed by atoms with van der Waals surface area (Å²) < 4.78 is 49.4. The lowest BCUT2D eigenvalue weighted by atomic mass is 10.1. The van der Waals surface area contributed by atoms with Crippen LogP contribution in [0.2, 0.25) is 0 Å². The van der Waals surface area contributed by atoms with Crippen LogP contribution in [-0.4, -0.2) is 38.0 Å². The van der Waals surface area contributed by atoms with Gasteiger partial charge in [-0.1, -0.05) is 5.16 Å². The maximum absolute atomic E-state index is 12.9. The van der Waals surface area contributed by atoms with Gasteiger partial charge in [0.25, 0.3) is 0 Å². The summed E-state index contributed by atoms with van der Waals surface area (Å²) in [6, 6.07) is 4.84. The summed E-state index contributed by atoms with van der Waals surface area (Å²) in [5, 5.41) is 3.57. The number of hydrogen-bond acceptors (Lipinski definition) is 7. The molecule has 0 aliphatic rings. The molecule has 8 nitrogen and oxygen atoms in total. The highest BCUT2D eigenvalue weighted by atomic mass is 32.2. The molecule has 10 heteroatoms. The Morgan fingerprint density at radius 1 is 1.26 bits per heavy atom. The number of Topliss-reactive ketones (excluding diaryl/α,β-unsaturated/α-hetero) is 1. The number of benzene rings is 1. The molecule has 0 amide bonds. The molecule has 1 aromatic carbocycles. The number of nitrogens with zero attached hydrogens (tertiary/aromatic N) is 1. The van der Waals surface area contributed by atoms with Crippen molar-refractivity contribution in [1.82, 2.24) is 9.88 Å². The first kappa shape index (κ1) is 20.7. The van der Waals surface area contributed by atoms with Crippen LogP contribution in [0.5, 0.6) is 0 Å². The molecule has 1 N–H and O–H groups in total. The molecule has 27 heavy (non-hydrogen) atoms. The maximum atomic E-state index is 12.9. The van der Waals surface area contributed by atoms with Crippen LogP contribution < -0.4 is 4.72 Å². The monoisotopic (exact) mass is 398 g/mol. The van der Waals surface area contributed by atoms with E-state index in [0.717, 1.165) is 12.1 Å². The highest BCUT2D eigenvalue weighted by Crippen LogP contribution is 2.18. The van der Waals surface area contributed by atoms with Gasteiger partial charge in [-0.25, -0.2) is 17.5 Å². The number of aryl methyl sites for hydroxylation is 2. The summed E-state index contributed by atoms with van der Waals surface area (Å²) in [5.41, 5.74) is 0.414. The summed E-state index contributed by atoms with van der Waals surface area (Å²) in [5.74, 6) is -1.58. The lowest BCUT2D eigenvalue weighted by molar-refractivity contribution is -0.146. The van der Waals surface area contributed by atoms with Crippen LogP contribution in [0.4, 0.5) is 4.39 Å². The fourth-order valence-corrected chi connectivity index (χ4v) is 3.73. The fourth-order valence-electron chi connectivity index (χ4n) is 2.38. The average molecular weight is 398 g/mol. The standard InChI is InChI=1S/C17H19FN2O6S/c1-10-17(12(3)26-20-10)27(23,24)19-9-8-15(21)25-11(2)16(22)13-4-6-14(18)7-5-13/h4-7,11,19H,8-9H2,1-3H3/t11-/m0/s1. The molecule has 1 heterocycles. The third kappa shape index (κ3) is 5.20. The minimum absolute atomic E-state index is 0.0734. The minimum Gasteiger partial charge on any atom is -0.454 e. The van der Waals surface area contributed by atoms with Gasteiger partial charge in [0, 0.05) is 12.1 Å². The molecule has 1 aromatic heterocycles. The zero-order valence-electron chi connectivity index (χ0n) is 15.0. The van der Waals surface area contributed by atoms with Crippen molar-refractivity contribution in [3.05, 3.63) is 47.1 Å². The topological polar surface area (TPSA) is 116 Å². The van der Waals surface area contributed by atoms with E-state index in [-0.39, 0.29) is 34.9 Å².